The molecule has 1 aliphatic carbocycles. The minimum absolute atomic E-state index is 0.353. The fourth-order valence-electron chi connectivity index (χ4n) is 5.81. The van der Waals surface area contributed by atoms with E-state index in [-0.39, 0.29) is 5.60 Å². The van der Waals surface area contributed by atoms with Gasteiger partial charge in [0.25, 0.3) is 0 Å². The molecule has 0 spiro atoms. The van der Waals surface area contributed by atoms with Crippen LogP contribution in [0, 0.1) is 11.8 Å². The van der Waals surface area contributed by atoms with E-state index in [9.17, 15) is 0 Å². The van der Waals surface area contributed by atoms with Gasteiger partial charge in [-0.1, -0.05) is 138 Å². The second-order valence-corrected chi connectivity index (χ2v) is 9.23. The molecule has 1 unspecified atom stereocenters. The zero-order valence-electron chi connectivity index (χ0n) is 19.3. The molecule has 0 bridgehead atoms. The molecule has 0 N–H and O–H groups in total. The summed E-state index contributed by atoms with van der Waals surface area (Å²) in [5, 5.41) is 0. The number of rotatable bonds is 12. The van der Waals surface area contributed by atoms with Gasteiger partial charge in [0.2, 0.25) is 0 Å². The van der Waals surface area contributed by atoms with Gasteiger partial charge in [0.15, 0.2) is 0 Å². The van der Waals surface area contributed by atoms with Gasteiger partial charge >= 0.3 is 0 Å². The molecule has 1 nitrogen and oxygen atoms in total. The predicted octanol–water partition coefficient (Wildman–Crippen LogP) is 8.52. The lowest BCUT2D eigenvalue weighted by Crippen LogP contribution is -2.43. The van der Waals surface area contributed by atoms with Crippen molar-refractivity contribution in [2.24, 2.45) is 11.8 Å². The Kier molecular flexibility index (Phi) is 9.46. The summed E-state index contributed by atoms with van der Waals surface area (Å²) >= 11 is 0. The van der Waals surface area contributed by atoms with Crippen LogP contribution in [0.5, 0.6) is 0 Å². The van der Waals surface area contributed by atoms with Crippen LogP contribution in [0.1, 0.15) is 95.1 Å². The minimum Gasteiger partial charge on any atom is -0.368 e. The second kappa shape index (κ2) is 12.3. The summed E-state index contributed by atoms with van der Waals surface area (Å²) in [6.45, 7) is 2.30. The summed E-state index contributed by atoms with van der Waals surface area (Å²) in [5.74, 6) is 1.27. The maximum atomic E-state index is 6.62. The minimum atomic E-state index is -0.353. The van der Waals surface area contributed by atoms with Gasteiger partial charge in [-0.3, -0.25) is 0 Å². The molecule has 164 valence electrons. The molecule has 0 aromatic heterocycles. The van der Waals surface area contributed by atoms with E-state index >= 15 is 0 Å². The Balaban J connectivity index is 1.93. The Morgan fingerprint density at radius 1 is 0.767 bits per heavy atom. The lowest BCUT2D eigenvalue weighted by Gasteiger charge is -2.46. The Morgan fingerprint density at radius 3 is 1.83 bits per heavy atom. The van der Waals surface area contributed by atoms with E-state index in [1.165, 1.54) is 88.2 Å². The summed E-state index contributed by atoms with van der Waals surface area (Å²) in [6, 6.07) is 22.1. The SMILES string of the molecule is CCCCCCCCC(C1CCCCC1)C(OC)(c1ccccc1)c1ccccc1. The Bertz CT molecular complexity index is 647. The summed E-state index contributed by atoms with van der Waals surface area (Å²) in [5.41, 5.74) is 2.29. The Hall–Kier alpha value is -1.60. The lowest BCUT2D eigenvalue weighted by atomic mass is 9.65. The van der Waals surface area contributed by atoms with E-state index < -0.39 is 0 Å². The Morgan fingerprint density at radius 2 is 1.30 bits per heavy atom. The third kappa shape index (κ3) is 5.55. The van der Waals surface area contributed by atoms with Gasteiger partial charge in [0.1, 0.15) is 5.60 Å². The zero-order chi connectivity index (χ0) is 21.1. The molecule has 1 aliphatic rings. The van der Waals surface area contributed by atoms with E-state index in [0.717, 1.165) is 5.92 Å². The largest absolute Gasteiger partial charge is 0.368 e. The molecule has 1 fully saturated rings. The van der Waals surface area contributed by atoms with Crippen LogP contribution in [0.25, 0.3) is 0 Å². The smallest absolute Gasteiger partial charge is 0.121 e. The summed E-state index contributed by atoms with van der Waals surface area (Å²) in [7, 11) is 1.94. The molecule has 1 heteroatoms. The topological polar surface area (TPSA) is 9.23 Å². The summed E-state index contributed by atoms with van der Waals surface area (Å²) < 4.78 is 6.62. The van der Waals surface area contributed by atoms with Crippen molar-refractivity contribution in [2.45, 2.75) is 89.6 Å². The first kappa shape index (κ1) is 23.1. The van der Waals surface area contributed by atoms with E-state index in [2.05, 4.69) is 67.6 Å². The first-order valence-corrected chi connectivity index (χ1v) is 12.5. The van der Waals surface area contributed by atoms with Gasteiger partial charge in [0.05, 0.1) is 0 Å². The normalized spacial score (nSPS) is 16.5. The van der Waals surface area contributed by atoms with Gasteiger partial charge in [-0.15, -0.1) is 0 Å². The fraction of sp³-hybridized carbons (Fsp3) is 0.586. The van der Waals surface area contributed by atoms with E-state index in [4.69, 9.17) is 4.74 Å². The quantitative estimate of drug-likeness (QED) is 0.321. The zero-order valence-corrected chi connectivity index (χ0v) is 19.3. The third-order valence-corrected chi connectivity index (χ3v) is 7.34. The molecular weight excluding hydrogens is 364 g/mol. The van der Waals surface area contributed by atoms with Crippen molar-refractivity contribution in [1.82, 2.24) is 0 Å². The second-order valence-electron chi connectivity index (χ2n) is 9.23. The van der Waals surface area contributed by atoms with Crippen LogP contribution in [0.3, 0.4) is 0 Å². The molecule has 2 aromatic rings. The molecule has 0 saturated heterocycles. The van der Waals surface area contributed by atoms with Crippen molar-refractivity contribution in [1.29, 1.82) is 0 Å². The number of methoxy groups -OCH3 is 1. The van der Waals surface area contributed by atoms with Crippen molar-refractivity contribution >= 4 is 0 Å². The number of benzene rings is 2. The van der Waals surface area contributed by atoms with Gasteiger partial charge in [0, 0.05) is 7.11 Å². The van der Waals surface area contributed by atoms with Crippen molar-refractivity contribution in [3.05, 3.63) is 71.8 Å². The monoisotopic (exact) mass is 406 g/mol. The molecular formula is C29H42O. The number of ether oxygens (including phenoxy) is 1. The van der Waals surface area contributed by atoms with Crippen molar-refractivity contribution in [3.8, 4) is 0 Å². The van der Waals surface area contributed by atoms with E-state index in [0.29, 0.717) is 5.92 Å². The number of hydrogen-bond donors (Lipinski definition) is 0. The average molecular weight is 407 g/mol. The van der Waals surface area contributed by atoms with Crippen molar-refractivity contribution < 1.29 is 4.74 Å². The Labute approximate surface area is 185 Å². The highest BCUT2D eigenvalue weighted by Gasteiger charge is 2.45. The van der Waals surface area contributed by atoms with Crippen molar-refractivity contribution in [2.75, 3.05) is 7.11 Å². The first-order chi connectivity index (χ1) is 14.8. The van der Waals surface area contributed by atoms with Gasteiger partial charge in [-0.25, -0.2) is 0 Å². The summed E-state index contributed by atoms with van der Waals surface area (Å²) in [4.78, 5) is 0. The maximum Gasteiger partial charge on any atom is 0.121 e. The number of hydrogen-bond acceptors (Lipinski definition) is 1. The fourth-order valence-corrected chi connectivity index (χ4v) is 5.81. The van der Waals surface area contributed by atoms with Crippen LogP contribution in [-0.2, 0) is 10.3 Å². The highest BCUT2D eigenvalue weighted by molar-refractivity contribution is 5.38. The average Bonchev–Trinajstić information content (AvgIpc) is 2.82. The highest BCUT2D eigenvalue weighted by Crippen LogP contribution is 2.49. The number of unbranched alkanes of at least 4 members (excludes halogenated alkanes) is 5. The molecule has 0 amide bonds. The van der Waals surface area contributed by atoms with Gasteiger partial charge in [-0.2, -0.15) is 0 Å². The summed E-state index contributed by atoms with van der Waals surface area (Å²) in [6.07, 6.45) is 16.2. The molecule has 1 atom stereocenters. The lowest BCUT2D eigenvalue weighted by molar-refractivity contribution is -0.0611. The van der Waals surface area contributed by atoms with Crippen LogP contribution in [-0.4, -0.2) is 7.11 Å². The maximum absolute atomic E-state index is 6.62. The predicted molar refractivity (Wildman–Crippen MR) is 129 cm³/mol. The van der Waals surface area contributed by atoms with Crippen molar-refractivity contribution in [3.63, 3.8) is 0 Å². The molecule has 0 radical (unpaired) electrons. The van der Waals surface area contributed by atoms with Gasteiger partial charge < -0.3 is 4.74 Å². The molecule has 1 saturated carbocycles. The molecule has 0 heterocycles. The molecule has 0 aliphatic heterocycles. The van der Waals surface area contributed by atoms with Crippen LogP contribution in [0.4, 0.5) is 0 Å². The van der Waals surface area contributed by atoms with E-state index in [1.54, 1.807) is 0 Å². The van der Waals surface area contributed by atoms with Crippen LogP contribution >= 0.6 is 0 Å². The third-order valence-electron chi connectivity index (χ3n) is 7.34. The van der Waals surface area contributed by atoms with E-state index in [1.807, 2.05) is 7.11 Å². The van der Waals surface area contributed by atoms with Gasteiger partial charge in [-0.05, 0) is 29.4 Å². The van der Waals surface area contributed by atoms with Crippen LogP contribution in [0.15, 0.2) is 60.7 Å². The first-order valence-electron chi connectivity index (χ1n) is 12.5. The molecule has 30 heavy (non-hydrogen) atoms. The van der Waals surface area contributed by atoms with Crippen LogP contribution in [0.2, 0.25) is 0 Å². The van der Waals surface area contributed by atoms with Crippen LogP contribution < -0.4 is 0 Å². The molecule has 3 rings (SSSR count). The molecule has 2 aromatic carbocycles. The highest BCUT2D eigenvalue weighted by atomic mass is 16.5. The standard InChI is InChI=1S/C29H42O/c1-3-4-5-6-7-17-24-28(25-18-11-8-12-19-25)29(30-2,26-20-13-9-14-21-26)27-22-15-10-16-23-27/h9-10,13-16,20-23,25,28H,3-8,11-12,17-19,24H2,1-2H3.